The number of likely N-dealkylation sites (N-methyl/N-ethyl adjacent to an activating group) is 1. The lowest BCUT2D eigenvalue weighted by atomic mass is 9.68. The Morgan fingerprint density at radius 3 is 2.89 bits per heavy atom. The standard InChI is InChI=1S/C16H19NO/c1-3-17-14-9-8-12-6-4-5-7-13(12)16(14,2)11-10-15(17)18/h4-7,9H,3,8,10-11H2,1-2H3. The molecule has 2 heteroatoms. The molecule has 1 aromatic carbocycles. The highest BCUT2D eigenvalue weighted by Crippen LogP contribution is 2.45. The van der Waals surface area contributed by atoms with Crippen LogP contribution in [-0.4, -0.2) is 17.4 Å². The van der Waals surface area contributed by atoms with Gasteiger partial charge in [0.15, 0.2) is 0 Å². The third-order valence-electron chi connectivity index (χ3n) is 4.44. The van der Waals surface area contributed by atoms with Crippen LogP contribution in [0.5, 0.6) is 0 Å². The first kappa shape index (κ1) is 11.5. The topological polar surface area (TPSA) is 20.3 Å². The zero-order valence-corrected chi connectivity index (χ0v) is 11.1. The van der Waals surface area contributed by atoms with Gasteiger partial charge in [-0.15, -0.1) is 0 Å². The van der Waals surface area contributed by atoms with E-state index in [1.165, 1.54) is 16.8 Å². The molecule has 18 heavy (non-hydrogen) atoms. The van der Waals surface area contributed by atoms with E-state index in [0.717, 1.165) is 19.4 Å². The SMILES string of the molecule is CCN1C(=O)CCC2(C)C1=CCc1ccccc12. The fraction of sp³-hybridized carbons (Fsp3) is 0.438. The molecule has 1 fully saturated rings. The van der Waals surface area contributed by atoms with E-state index in [0.29, 0.717) is 6.42 Å². The third-order valence-corrected chi connectivity index (χ3v) is 4.44. The van der Waals surface area contributed by atoms with Crippen LogP contribution in [0.3, 0.4) is 0 Å². The minimum Gasteiger partial charge on any atom is -0.316 e. The molecule has 1 amide bonds. The average molecular weight is 241 g/mol. The second kappa shape index (κ2) is 3.98. The Bertz CT molecular complexity index is 532. The van der Waals surface area contributed by atoms with Gasteiger partial charge >= 0.3 is 0 Å². The number of fused-ring (bicyclic) bond motifs is 3. The van der Waals surface area contributed by atoms with Crippen molar-refractivity contribution in [1.29, 1.82) is 0 Å². The first-order valence-electron chi connectivity index (χ1n) is 6.76. The van der Waals surface area contributed by atoms with Crippen molar-refractivity contribution in [2.24, 2.45) is 0 Å². The lowest BCUT2D eigenvalue weighted by Crippen LogP contribution is -2.46. The number of amides is 1. The Kier molecular flexibility index (Phi) is 2.54. The van der Waals surface area contributed by atoms with E-state index in [1.807, 2.05) is 4.90 Å². The first-order valence-corrected chi connectivity index (χ1v) is 6.76. The Balaban J connectivity index is 2.13. The van der Waals surface area contributed by atoms with Gasteiger partial charge in [-0.3, -0.25) is 4.79 Å². The van der Waals surface area contributed by atoms with Gasteiger partial charge in [-0.1, -0.05) is 30.3 Å². The first-order chi connectivity index (χ1) is 8.66. The summed E-state index contributed by atoms with van der Waals surface area (Å²) in [6.07, 6.45) is 4.80. The molecule has 1 aromatic rings. The van der Waals surface area contributed by atoms with Gasteiger partial charge < -0.3 is 4.90 Å². The van der Waals surface area contributed by atoms with Crippen molar-refractivity contribution in [2.75, 3.05) is 6.54 Å². The van der Waals surface area contributed by atoms with Crippen LogP contribution in [0.4, 0.5) is 0 Å². The van der Waals surface area contributed by atoms with Crippen LogP contribution in [0.1, 0.15) is 37.8 Å². The zero-order valence-electron chi connectivity index (χ0n) is 11.1. The maximum absolute atomic E-state index is 12.0. The summed E-state index contributed by atoms with van der Waals surface area (Å²) >= 11 is 0. The molecule has 1 unspecified atom stereocenters. The van der Waals surface area contributed by atoms with Crippen molar-refractivity contribution in [3.8, 4) is 0 Å². The lowest BCUT2D eigenvalue weighted by Gasteiger charge is -2.46. The number of likely N-dealkylation sites (tertiary alicyclic amines) is 1. The smallest absolute Gasteiger partial charge is 0.226 e. The van der Waals surface area contributed by atoms with Crippen LogP contribution in [0.15, 0.2) is 36.0 Å². The summed E-state index contributed by atoms with van der Waals surface area (Å²) in [6, 6.07) is 8.65. The van der Waals surface area contributed by atoms with Crippen molar-refractivity contribution in [2.45, 2.75) is 38.5 Å². The molecular weight excluding hydrogens is 222 g/mol. The van der Waals surface area contributed by atoms with Gasteiger partial charge in [0.25, 0.3) is 0 Å². The molecule has 1 atom stereocenters. The predicted octanol–water partition coefficient (Wildman–Crippen LogP) is 3.03. The van der Waals surface area contributed by atoms with Crippen molar-refractivity contribution in [3.05, 3.63) is 47.2 Å². The zero-order chi connectivity index (χ0) is 12.8. The van der Waals surface area contributed by atoms with Crippen LogP contribution in [0, 0.1) is 0 Å². The molecule has 0 spiro atoms. The third kappa shape index (κ3) is 1.45. The average Bonchev–Trinajstić information content (AvgIpc) is 2.40. The fourth-order valence-corrected chi connectivity index (χ4v) is 3.45. The van der Waals surface area contributed by atoms with E-state index in [-0.39, 0.29) is 11.3 Å². The molecule has 0 bridgehead atoms. The number of benzene rings is 1. The number of piperidine rings is 1. The number of hydrogen-bond acceptors (Lipinski definition) is 1. The molecule has 2 aliphatic rings. The van der Waals surface area contributed by atoms with Crippen LogP contribution < -0.4 is 0 Å². The molecule has 0 aromatic heterocycles. The lowest BCUT2D eigenvalue weighted by molar-refractivity contribution is -0.132. The largest absolute Gasteiger partial charge is 0.316 e. The fourth-order valence-electron chi connectivity index (χ4n) is 3.45. The van der Waals surface area contributed by atoms with Crippen LogP contribution in [0.25, 0.3) is 0 Å². The van der Waals surface area contributed by atoms with Crippen LogP contribution in [0.2, 0.25) is 0 Å². The Hall–Kier alpha value is -1.57. The number of carbonyl (C=O) groups excluding carboxylic acids is 1. The highest BCUT2D eigenvalue weighted by molar-refractivity contribution is 5.81. The van der Waals surface area contributed by atoms with E-state index >= 15 is 0 Å². The number of hydrogen-bond donors (Lipinski definition) is 0. The predicted molar refractivity (Wildman–Crippen MR) is 72.2 cm³/mol. The van der Waals surface area contributed by atoms with Crippen LogP contribution in [-0.2, 0) is 16.6 Å². The summed E-state index contributed by atoms with van der Waals surface area (Å²) in [5.74, 6) is 0.278. The van der Waals surface area contributed by atoms with Crippen molar-refractivity contribution in [3.63, 3.8) is 0 Å². The normalized spacial score (nSPS) is 26.4. The van der Waals surface area contributed by atoms with E-state index in [4.69, 9.17) is 0 Å². The number of allylic oxidation sites excluding steroid dienone is 2. The molecule has 2 nitrogen and oxygen atoms in total. The summed E-state index contributed by atoms with van der Waals surface area (Å²) < 4.78 is 0. The highest BCUT2D eigenvalue weighted by Gasteiger charge is 2.42. The monoisotopic (exact) mass is 241 g/mol. The second-order valence-corrected chi connectivity index (χ2v) is 5.42. The molecule has 3 rings (SSSR count). The number of rotatable bonds is 1. The van der Waals surface area contributed by atoms with Gasteiger partial charge in [0.05, 0.1) is 0 Å². The summed E-state index contributed by atoms with van der Waals surface area (Å²) in [7, 11) is 0. The Labute approximate surface area is 108 Å². The Morgan fingerprint density at radius 1 is 1.33 bits per heavy atom. The second-order valence-electron chi connectivity index (χ2n) is 5.42. The number of carbonyl (C=O) groups is 1. The van der Waals surface area contributed by atoms with E-state index in [2.05, 4.69) is 44.2 Å². The molecule has 1 heterocycles. The molecule has 1 aliphatic heterocycles. The molecule has 94 valence electrons. The summed E-state index contributed by atoms with van der Waals surface area (Å²) in [6.45, 7) is 5.12. The molecule has 0 radical (unpaired) electrons. The Morgan fingerprint density at radius 2 is 2.11 bits per heavy atom. The van der Waals surface area contributed by atoms with Crippen molar-refractivity contribution < 1.29 is 4.79 Å². The highest BCUT2D eigenvalue weighted by atomic mass is 16.2. The molecule has 0 saturated carbocycles. The van der Waals surface area contributed by atoms with E-state index in [9.17, 15) is 4.79 Å². The minimum absolute atomic E-state index is 0.0266. The molecule has 1 saturated heterocycles. The van der Waals surface area contributed by atoms with Gasteiger partial charge in [0.1, 0.15) is 0 Å². The quantitative estimate of drug-likeness (QED) is 0.740. The van der Waals surface area contributed by atoms with Gasteiger partial charge in [-0.2, -0.15) is 0 Å². The minimum atomic E-state index is 0.0266. The summed E-state index contributed by atoms with van der Waals surface area (Å²) in [5, 5.41) is 0. The summed E-state index contributed by atoms with van der Waals surface area (Å²) in [5.41, 5.74) is 4.07. The summed E-state index contributed by atoms with van der Waals surface area (Å²) in [4.78, 5) is 14.0. The van der Waals surface area contributed by atoms with Gasteiger partial charge in [-0.25, -0.2) is 0 Å². The maximum Gasteiger partial charge on any atom is 0.226 e. The van der Waals surface area contributed by atoms with E-state index < -0.39 is 0 Å². The van der Waals surface area contributed by atoms with Gasteiger partial charge in [0, 0.05) is 24.1 Å². The van der Waals surface area contributed by atoms with Gasteiger partial charge in [0.2, 0.25) is 5.91 Å². The van der Waals surface area contributed by atoms with Crippen LogP contribution >= 0.6 is 0 Å². The maximum atomic E-state index is 12.0. The number of nitrogens with zero attached hydrogens (tertiary/aromatic N) is 1. The van der Waals surface area contributed by atoms with Crippen molar-refractivity contribution in [1.82, 2.24) is 4.90 Å². The molecule has 1 aliphatic carbocycles. The molecular formula is C16H19NO. The van der Waals surface area contributed by atoms with E-state index in [1.54, 1.807) is 0 Å². The molecule has 0 N–H and O–H groups in total. The van der Waals surface area contributed by atoms with Gasteiger partial charge in [-0.05, 0) is 37.8 Å². The van der Waals surface area contributed by atoms with Crippen molar-refractivity contribution >= 4 is 5.91 Å².